The highest BCUT2D eigenvalue weighted by atomic mass is 35.5. The second-order valence-electron chi connectivity index (χ2n) is 9.09. The van der Waals surface area contributed by atoms with E-state index in [1.54, 1.807) is 11.8 Å². The number of hydrogen-bond acceptors (Lipinski definition) is 4. The number of nitrogens with zero attached hydrogens (tertiary/aromatic N) is 2. The Balaban J connectivity index is 1.66. The van der Waals surface area contributed by atoms with Gasteiger partial charge in [0.15, 0.2) is 0 Å². The third-order valence-corrected chi connectivity index (χ3v) is 7.43. The highest BCUT2D eigenvalue weighted by Gasteiger charge is 2.35. The number of anilines is 1. The third-order valence-electron chi connectivity index (χ3n) is 5.60. The first-order valence-electron chi connectivity index (χ1n) is 11.1. The Morgan fingerprint density at radius 3 is 2.36 bits per heavy atom. The van der Waals surface area contributed by atoms with Crippen LogP contribution in [0.1, 0.15) is 49.8 Å². The van der Waals surface area contributed by atoms with Crippen molar-refractivity contribution < 1.29 is 4.74 Å². The van der Waals surface area contributed by atoms with Crippen molar-refractivity contribution in [1.82, 2.24) is 5.01 Å². The van der Waals surface area contributed by atoms with Crippen molar-refractivity contribution in [3.05, 3.63) is 99.3 Å². The van der Waals surface area contributed by atoms with Gasteiger partial charge in [0.2, 0.25) is 0 Å². The first-order chi connectivity index (χ1) is 15.8. The van der Waals surface area contributed by atoms with Crippen LogP contribution < -0.4 is 9.75 Å². The standard InChI is InChI=1S/C27H29Cl2N2OS/c1-5-32-23-8-6-7-20(15-23)26-31(22-13-14-24(28)25(29)16-22)30(18-33-26)17-19-9-11-21(12-10-19)27(2,3)4/h6-16,18,26H,5,17H2,1-4H3. The summed E-state index contributed by atoms with van der Waals surface area (Å²) in [6.07, 6.45) is 0. The molecule has 1 aliphatic rings. The highest BCUT2D eigenvalue weighted by molar-refractivity contribution is 8.01. The van der Waals surface area contributed by atoms with Gasteiger partial charge in [0.1, 0.15) is 17.0 Å². The van der Waals surface area contributed by atoms with Crippen LogP contribution in [-0.2, 0) is 12.0 Å². The number of halogens is 2. The number of hydrazine groups is 1. The van der Waals surface area contributed by atoms with E-state index in [2.05, 4.69) is 73.1 Å². The van der Waals surface area contributed by atoms with Crippen molar-refractivity contribution >= 4 is 40.7 Å². The van der Waals surface area contributed by atoms with Crippen LogP contribution in [0.2, 0.25) is 10.0 Å². The molecule has 1 unspecified atom stereocenters. The Morgan fingerprint density at radius 1 is 0.939 bits per heavy atom. The van der Waals surface area contributed by atoms with Crippen LogP contribution in [0.15, 0.2) is 66.7 Å². The van der Waals surface area contributed by atoms with Crippen molar-refractivity contribution in [2.24, 2.45) is 0 Å². The van der Waals surface area contributed by atoms with Gasteiger partial charge in [-0.3, -0.25) is 5.01 Å². The minimum atomic E-state index is 0.0523. The predicted molar refractivity (Wildman–Crippen MR) is 142 cm³/mol. The van der Waals surface area contributed by atoms with Crippen LogP contribution >= 0.6 is 35.0 Å². The molecule has 6 heteroatoms. The summed E-state index contributed by atoms with van der Waals surface area (Å²) in [5, 5.41) is 5.67. The van der Waals surface area contributed by atoms with Gasteiger partial charge in [-0.15, -0.1) is 11.8 Å². The Kier molecular flexibility index (Phi) is 7.49. The van der Waals surface area contributed by atoms with Crippen molar-refractivity contribution in [2.45, 2.75) is 45.0 Å². The van der Waals surface area contributed by atoms with Gasteiger partial charge < -0.3 is 4.74 Å². The molecule has 0 aliphatic carbocycles. The molecule has 0 spiro atoms. The fourth-order valence-electron chi connectivity index (χ4n) is 3.84. The molecule has 33 heavy (non-hydrogen) atoms. The van der Waals surface area contributed by atoms with Gasteiger partial charge in [-0.1, -0.05) is 80.4 Å². The van der Waals surface area contributed by atoms with Gasteiger partial charge in [0.25, 0.3) is 0 Å². The molecular formula is C27H29Cl2N2OS. The lowest BCUT2D eigenvalue weighted by Crippen LogP contribution is -2.36. The van der Waals surface area contributed by atoms with E-state index >= 15 is 0 Å². The van der Waals surface area contributed by atoms with Crippen LogP contribution in [0.4, 0.5) is 5.69 Å². The van der Waals surface area contributed by atoms with Gasteiger partial charge in [0.05, 0.1) is 22.3 Å². The van der Waals surface area contributed by atoms with E-state index in [0.29, 0.717) is 16.7 Å². The largest absolute Gasteiger partial charge is 0.494 e. The fraction of sp³-hybridized carbons (Fsp3) is 0.296. The van der Waals surface area contributed by atoms with Gasteiger partial charge in [-0.05, 0) is 59.4 Å². The zero-order valence-corrected chi connectivity index (χ0v) is 21.7. The van der Waals surface area contributed by atoms with Crippen LogP contribution in [0, 0.1) is 5.88 Å². The molecule has 1 aliphatic heterocycles. The topological polar surface area (TPSA) is 15.7 Å². The molecule has 3 nitrogen and oxygen atoms in total. The second-order valence-corrected chi connectivity index (χ2v) is 10.8. The maximum absolute atomic E-state index is 6.41. The quantitative estimate of drug-likeness (QED) is 0.337. The fourth-order valence-corrected chi connectivity index (χ4v) is 5.22. The average molecular weight is 501 g/mol. The summed E-state index contributed by atoms with van der Waals surface area (Å²) in [4.78, 5) is 0. The van der Waals surface area contributed by atoms with Gasteiger partial charge in [-0.25, -0.2) is 0 Å². The zero-order chi connectivity index (χ0) is 23.6. The van der Waals surface area contributed by atoms with E-state index in [0.717, 1.165) is 18.0 Å². The summed E-state index contributed by atoms with van der Waals surface area (Å²) in [6.45, 7) is 10.1. The number of rotatable bonds is 6. The van der Waals surface area contributed by atoms with Crippen molar-refractivity contribution in [3.8, 4) is 5.75 Å². The molecule has 3 aromatic rings. The smallest absolute Gasteiger partial charge is 0.119 e. The molecular weight excluding hydrogens is 471 g/mol. The predicted octanol–water partition coefficient (Wildman–Crippen LogP) is 8.48. The highest BCUT2D eigenvalue weighted by Crippen LogP contribution is 2.47. The number of thioether (sulfide) groups is 1. The monoisotopic (exact) mass is 499 g/mol. The molecule has 1 fully saturated rings. The average Bonchev–Trinajstić information content (AvgIpc) is 3.19. The third kappa shape index (κ3) is 5.63. The van der Waals surface area contributed by atoms with Crippen LogP contribution in [0.25, 0.3) is 0 Å². The second kappa shape index (κ2) is 10.2. The first kappa shape index (κ1) is 24.3. The molecule has 1 radical (unpaired) electrons. The van der Waals surface area contributed by atoms with Gasteiger partial charge in [-0.2, -0.15) is 5.01 Å². The van der Waals surface area contributed by atoms with E-state index in [1.807, 2.05) is 37.3 Å². The molecule has 0 saturated carbocycles. The summed E-state index contributed by atoms with van der Waals surface area (Å²) < 4.78 is 5.75. The molecule has 0 aromatic heterocycles. The number of hydrogen-bond donors (Lipinski definition) is 0. The Hall–Kier alpha value is -1.85. The van der Waals surface area contributed by atoms with E-state index < -0.39 is 0 Å². The van der Waals surface area contributed by atoms with E-state index in [9.17, 15) is 0 Å². The van der Waals surface area contributed by atoms with E-state index in [4.69, 9.17) is 27.9 Å². The van der Waals surface area contributed by atoms with Gasteiger partial charge >= 0.3 is 0 Å². The molecule has 0 N–H and O–H groups in total. The first-order valence-corrected chi connectivity index (χ1v) is 12.8. The van der Waals surface area contributed by atoms with Crippen LogP contribution in [-0.4, -0.2) is 11.6 Å². The number of benzene rings is 3. The lowest BCUT2D eigenvalue weighted by molar-refractivity contribution is 0.328. The van der Waals surface area contributed by atoms with E-state index in [1.165, 1.54) is 16.7 Å². The minimum absolute atomic E-state index is 0.0523. The van der Waals surface area contributed by atoms with Crippen molar-refractivity contribution in [3.63, 3.8) is 0 Å². The molecule has 0 amide bonds. The van der Waals surface area contributed by atoms with E-state index in [-0.39, 0.29) is 10.8 Å². The van der Waals surface area contributed by atoms with Crippen LogP contribution in [0.3, 0.4) is 0 Å². The Morgan fingerprint density at radius 2 is 1.70 bits per heavy atom. The molecule has 1 heterocycles. The molecule has 0 bridgehead atoms. The summed E-state index contributed by atoms with van der Waals surface area (Å²) in [6, 6.07) is 23.0. The zero-order valence-electron chi connectivity index (χ0n) is 19.4. The van der Waals surface area contributed by atoms with Gasteiger partial charge in [0, 0.05) is 6.54 Å². The summed E-state index contributed by atoms with van der Waals surface area (Å²) >= 11 is 14.4. The Labute approximate surface area is 211 Å². The SMILES string of the molecule is CCOc1cccc(C2S[CH]N(Cc3ccc(C(C)(C)C)cc3)N2c2ccc(Cl)c(Cl)c2)c1. The lowest BCUT2D eigenvalue weighted by atomic mass is 9.87. The molecule has 4 rings (SSSR count). The number of ether oxygens (including phenoxy) is 1. The summed E-state index contributed by atoms with van der Waals surface area (Å²) in [5.74, 6) is 3.05. The maximum atomic E-state index is 6.41. The molecule has 1 saturated heterocycles. The summed E-state index contributed by atoms with van der Waals surface area (Å²) in [5.41, 5.74) is 4.87. The molecule has 173 valence electrons. The minimum Gasteiger partial charge on any atom is -0.494 e. The maximum Gasteiger partial charge on any atom is 0.119 e. The van der Waals surface area contributed by atoms with Crippen LogP contribution in [0.5, 0.6) is 5.75 Å². The lowest BCUT2D eigenvalue weighted by Gasteiger charge is -2.33. The van der Waals surface area contributed by atoms with Crippen molar-refractivity contribution in [2.75, 3.05) is 11.6 Å². The normalized spacial score (nSPS) is 16.9. The van der Waals surface area contributed by atoms with Crippen molar-refractivity contribution in [1.29, 1.82) is 0 Å². The summed E-state index contributed by atoms with van der Waals surface area (Å²) in [7, 11) is 0. The molecule has 3 aromatic carbocycles. The molecule has 1 atom stereocenters. The Bertz CT molecular complexity index is 1100.